The van der Waals surface area contributed by atoms with Gasteiger partial charge in [-0.15, -0.1) is 0 Å². The van der Waals surface area contributed by atoms with E-state index in [2.05, 4.69) is 39.8 Å². The van der Waals surface area contributed by atoms with Gasteiger partial charge in [0.1, 0.15) is 5.75 Å². The molecule has 3 N–H and O–H groups in total. The summed E-state index contributed by atoms with van der Waals surface area (Å²) in [5, 5.41) is 12.8. The van der Waals surface area contributed by atoms with Crippen LogP contribution in [0.5, 0.6) is 5.75 Å². The number of rotatable bonds is 12. The van der Waals surface area contributed by atoms with Gasteiger partial charge in [-0.25, -0.2) is 9.48 Å². The van der Waals surface area contributed by atoms with Crippen LogP contribution in [0.15, 0.2) is 60.9 Å². The number of unbranched alkanes of at least 4 members (excludes halogenated alkanes) is 1. The minimum absolute atomic E-state index is 0.113. The number of carbonyl (C=O) groups is 2. The first kappa shape index (κ1) is 25.8. The predicted molar refractivity (Wildman–Crippen MR) is 139 cm³/mol. The number of anilines is 2. The third kappa shape index (κ3) is 7.86. The van der Waals surface area contributed by atoms with Crippen LogP contribution in [0.2, 0.25) is 0 Å². The molecule has 0 atom stereocenters. The summed E-state index contributed by atoms with van der Waals surface area (Å²) in [6.45, 7) is 8.11. The zero-order chi connectivity index (χ0) is 25.0. The molecule has 0 spiro atoms. The standard InChI is InChI=1S/C26H34N6O3/c1-4-31(5-2)15-7-6-14-27-25(33)20-10-8-12-23(16-20)32-19-22(18-28-32)30-26(34)29-21-11-9-13-24(17-21)35-3/h8-13,16-19H,4-7,14-15H2,1-3H3,(H,27,33)(H2,29,30,34). The summed E-state index contributed by atoms with van der Waals surface area (Å²) in [5.74, 6) is 0.539. The van der Waals surface area contributed by atoms with E-state index in [1.54, 1.807) is 60.6 Å². The van der Waals surface area contributed by atoms with Crippen molar-refractivity contribution in [1.29, 1.82) is 0 Å². The predicted octanol–water partition coefficient (Wildman–Crippen LogP) is 4.38. The van der Waals surface area contributed by atoms with Crippen LogP contribution in [0.4, 0.5) is 16.2 Å². The summed E-state index contributed by atoms with van der Waals surface area (Å²) >= 11 is 0. The third-order valence-electron chi connectivity index (χ3n) is 5.62. The minimum Gasteiger partial charge on any atom is -0.497 e. The number of nitrogens with one attached hydrogen (secondary N) is 3. The molecule has 35 heavy (non-hydrogen) atoms. The fraction of sp³-hybridized carbons (Fsp3) is 0.346. The van der Waals surface area contributed by atoms with E-state index in [0.717, 1.165) is 38.2 Å². The number of methoxy groups -OCH3 is 1. The molecule has 3 rings (SSSR count). The molecular formula is C26H34N6O3. The second-order valence-electron chi connectivity index (χ2n) is 8.02. The van der Waals surface area contributed by atoms with Crippen LogP contribution in [0.1, 0.15) is 37.0 Å². The first-order valence-electron chi connectivity index (χ1n) is 11.9. The highest BCUT2D eigenvalue weighted by molar-refractivity contribution is 5.99. The van der Waals surface area contributed by atoms with Crippen molar-refractivity contribution in [1.82, 2.24) is 20.0 Å². The summed E-state index contributed by atoms with van der Waals surface area (Å²) < 4.78 is 6.78. The molecule has 0 aliphatic heterocycles. The highest BCUT2D eigenvalue weighted by atomic mass is 16.5. The lowest BCUT2D eigenvalue weighted by Crippen LogP contribution is -2.27. The molecule has 0 fully saturated rings. The first-order valence-corrected chi connectivity index (χ1v) is 11.9. The Balaban J connectivity index is 1.52. The Morgan fingerprint density at radius 1 is 1.00 bits per heavy atom. The topological polar surface area (TPSA) is 101 Å². The fourth-order valence-electron chi connectivity index (χ4n) is 3.62. The summed E-state index contributed by atoms with van der Waals surface area (Å²) in [4.78, 5) is 27.3. The molecule has 0 aliphatic rings. The lowest BCUT2D eigenvalue weighted by molar-refractivity contribution is 0.0952. The Bertz CT molecular complexity index is 1110. The van der Waals surface area contributed by atoms with Gasteiger partial charge in [-0.2, -0.15) is 5.10 Å². The first-order chi connectivity index (χ1) is 17.0. The molecule has 1 aromatic heterocycles. The van der Waals surface area contributed by atoms with E-state index in [-0.39, 0.29) is 5.91 Å². The van der Waals surface area contributed by atoms with E-state index in [1.807, 2.05) is 12.1 Å². The lowest BCUT2D eigenvalue weighted by Gasteiger charge is -2.17. The zero-order valence-corrected chi connectivity index (χ0v) is 20.6. The van der Waals surface area contributed by atoms with Gasteiger partial charge in [-0.1, -0.05) is 26.0 Å². The van der Waals surface area contributed by atoms with Gasteiger partial charge in [0, 0.05) is 23.9 Å². The van der Waals surface area contributed by atoms with Crippen molar-refractivity contribution < 1.29 is 14.3 Å². The van der Waals surface area contributed by atoms with Crippen LogP contribution in [0.25, 0.3) is 5.69 Å². The molecule has 0 unspecified atom stereocenters. The summed E-state index contributed by atoms with van der Waals surface area (Å²) in [6.07, 6.45) is 5.23. The quantitative estimate of drug-likeness (QED) is 0.336. The second-order valence-corrected chi connectivity index (χ2v) is 8.02. The van der Waals surface area contributed by atoms with Gasteiger partial charge in [0.05, 0.1) is 30.9 Å². The number of amides is 3. The van der Waals surface area contributed by atoms with E-state index < -0.39 is 6.03 Å². The maximum absolute atomic E-state index is 12.6. The molecule has 0 saturated heterocycles. The van der Waals surface area contributed by atoms with E-state index in [9.17, 15) is 9.59 Å². The maximum atomic E-state index is 12.6. The Morgan fingerprint density at radius 3 is 2.54 bits per heavy atom. The molecule has 1 heterocycles. The molecule has 9 heteroatoms. The van der Waals surface area contributed by atoms with Gasteiger partial charge >= 0.3 is 6.03 Å². The van der Waals surface area contributed by atoms with Crippen LogP contribution in [0, 0.1) is 0 Å². The number of hydrogen-bond donors (Lipinski definition) is 3. The van der Waals surface area contributed by atoms with Crippen molar-refractivity contribution in [2.75, 3.05) is 43.9 Å². The van der Waals surface area contributed by atoms with Crippen LogP contribution in [0.3, 0.4) is 0 Å². The van der Waals surface area contributed by atoms with Gasteiger partial charge in [0.15, 0.2) is 0 Å². The summed E-state index contributed by atoms with van der Waals surface area (Å²) in [5.41, 5.74) is 2.42. The van der Waals surface area contributed by atoms with Crippen LogP contribution in [-0.4, -0.2) is 59.9 Å². The Kier molecular flexibility index (Phi) is 9.68. The summed E-state index contributed by atoms with van der Waals surface area (Å²) in [7, 11) is 1.57. The molecule has 0 bridgehead atoms. The molecule has 0 saturated carbocycles. The number of carbonyl (C=O) groups excluding carboxylic acids is 2. The van der Waals surface area contributed by atoms with Gasteiger partial charge < -0.3 is 25.6 Å². The zero-order valence-electron chi connectivity index (χ0n) is 20.6. The normalized spacial score (nSPS) is 10.7. The molecule has 3 amide bonds. The van der Waals surface area contributed by atoms with Crippen molar-refractivity contribution in [2.45, 2.75) is 26.7 Å². The van der Waals surface area contributed by atoms with E-state index in [4.69, 9.17) is 4.74 Å². The van der Waals surface area contributed by atoms with E-state index in [1.165, 1.54) is 0 Å². The molecule has 9 nitrogen and oxygen atoms in total. The Labute approximate surface area is 206 Å². The van der Waals surface area contributed by atoms with Crippen molar-refractivity contribution >= 4 is 23.3 Å². The Hall–Kier alpha value is -3.85. The number of urea groups is 1. The van der Waals surface area contributed by atoms with Crippen molar-refractivity contribution in [3.05, 3.63) is 66.5 Å². The van der Waals surface area contributed by atoms with E-state index >= 15 is 0 Å². The van der Waals surface area contributed by atoms with Gasteiger partial charge in [0.25, 0.3) is 5.91 Å². The minimum atomic E-state index is -0.396. The lowest BCUT2D eigenvalue weighted by atomic mass is 10.2. The van der Waals surface area contributed by atoms with Crippen LogP contribution in [-0.2, 0) is 0 Å². The number of ether oxygens (including phenoxy) is 1. The van der Waals surface area contributed by atoms with Crippen molar-refractivity contribution in [3.8, 4) is 11.4 Å². The largest absolute Gasteiger partial charge is 0.497 e. The Morgan fingerprint density at radius 2 is 1.77 bits per heavy atom. The van der Waals surface area contributed by atoms with Gasteiger partial charge in [-0.05, 0) is 62.8 Å². The average Bonchev–Trinajstić information content (AvgIpc) is 3.34. The summed E-state index contributed by atoms with van der Waals surface area (Å²) in [6, 6.07) is 13.9. The van der Waals surface area contributed by atoms with Gasteiger partial charge in [0.2, 0.25) is 0 Å². The smallest absolute Gasteiger partial charge is 0.323 e. The maximum Gasteiger partial charge on any atom is 0.323 e. The van der Waals surface area contributed by atoms with E-state index in [0.29, 0.717) is 29.2 Å². The monoisotopic (exact) mass is 478 g/mol. The molecule has 186 valence electrons. The highest BCUT2D eigenvalue weighted by Gasteiger charge is 2.10. The highest BCUT2D eigenvalue weighted by Crippen LogP contribution is 2.18. The van der Waals surface area contributed by atoms with Crippen LogP contribution < -0.4 is 20.7 Å². The second kappa shape index (κ2) is 13.1. The number of aromatic nitrogens is 2. The number of hydrogen-bond acceptors (Lipinski definition) is 5. The number of benzene rings is 2. The molecule has 0 aliphatic carbocycles. The average molecular weight is 479 g/mol. The number of nitrogens with zero attached hydrogens (tertiary/aromatic N) is 3. The van der Waals surface area contributed by atoms with Crippen molar-refractivity contribution in [2.24, 2.45) is 0 Å². The van der Waals surface area contributed by atoms with Crippen molar-refractivity contribution in [3.63, 3.8) is 0 Å². The molecule has 0 radical (unpaired) electrons. The molecule has 2 aromatic carbocycles. The molecule has 3 aromatic rings. The fourth-order valence-corrected chi connectivity index (χ4v) is 3.62. The SMILES string of the molecule is CCN(CC)CCCCNC(=O)c1cccc(-n2cc(NC(=O)Nc3cccc(OC)c3)cn2)c1. The van der Waals surface area contributed by atoms with Gasteiger partial charge in [-0.3, -0.25) is 4.79 Å². The van der Waals surface area contributed by atoms with Crippen LogP contribution >= 0.6 is 0 Å². The third-order valence-corrected chi connectivity index (χ3v) is 5.62. The molecular weight excluding hydrogens is 444 g/mol.